The fraction of sp³-hybridized carbons (Fsp3) is 0.0500. The molecule has 0 heterocycles. The summed E-state index contributed by atoms with van der Waals surface area (Å²) in [5, 5.41) is 3.19. The smallest absolute Gasteiger partial charge is 0.255 e. The molecule has 0 bridgehead atoms. The van der Waals surface area contributed by atoms with Crippen LogP contribution >= 0.6 is 11.6 Å². The second-order valence-corrected chi connectivity index (χ2v) is 8.15. The van der Waals surface area contributed by atoms with Gasteiger partial charge in [0.2, 0.25) is 10.0 Å². The third-order valence-corrected chi connectivity index (χ3v) is 4.43. The topological polar surface area (TPSA) is 84.5 Å². The molecule has 0 saturated carbocycles. The average Bonchev–Trinajstić information content (AvgIpc) is 2.63. The van der Waals surface area contributed by atoms with Crippen LogP contribution in [0.4, 0.5) is 11.4 Å². The summed E-state index contributed by atoms with van der Waals surface area (Å²) in [6.45, 7) is 0. The van der Waals surface area contributed by atoms with E-state index >= 15 is 0 Å². The molecule has 144 valence electrons. The number of benzene rings is 3. The summed E-state index contributed by atoms with van der Waals surface area (Å²) in [6.07, 6.45) is 1.04. The van der Waals surface area contributed by atoms with Gasteiger partial charge in [-0.25, -0.2) is 8.42 Å². The molecule has 0 atom stereocenters. The Morgan fingerprint density at radius 1 is 0.964 bits per heavy atom. The van der Waals surface area contributed by atoms with Gasteiger partial charge in [0.05, 0.1) is 11.9 Å². The quantitative estimate of drug-likeness (QED) is 0.607. The first kappa shape index (κ1) is 19.7. The molecular formula is C20H17ClN2O4S. The maximum atomic E-state index is 12.7. The SMILES string of the molecule is CS(=O)(=O)Nc1cccc(C(=O)Nc2cc(Cl)ccc2Oc2ccccc2)c1. The molecule has 0 radical (unpaired) electrons. The van der Waals surface area contributed by atoms with Crippen molar-refractivity contribution in [2.45, 2.75) is 0 Å². The van der Waals surface area contributed by atoms with Crippen molar-refractivity contribution in [2.75, 3.05) is 16.3 Å². The molecule has 0 spiro atoms. The van der Waals surface area contributed by atoms with E-state index in [-0.39, 0.29) is 5.56 Å². The highest BCUT2D eigenvalue weighted by Crippen LogP contribution is 2.32. The second kappa shape index (κ2) is 8.33. The Labute approximate surface area is 168 Å². The Hall–Kier alpha value is -3.03. The molecule has 1 amide bonds. The van der Waals surface area contributed by atoms with Gasteiger partial charge < -0.3 is 10.1 Å². The normalized spacial score (nSPS) is 10.9. The van der Waals surface area contributed by atoms with E-state index in [0.29, 0.717) is 27.9 Å². The molecule has 28 heavy (non-hydrogen) atoms. The zero-order valence-electron chi connectivity index (χ0n) is 14.8. The molecule has 3 rings (SSSR count). The number of halogens is 1. The largest absolute Gasteiger partial charge is 0.455 e. The van der Waals surface area contributed by atoms with E-state index in [1.54, 1.807) is 48.5 Å². The molecule has 8 heteroatoms. The van der Waals surface area contributed by atoms with Gasteiger partial charge in [0.15, 0.2) is 5.75 Å². The molecule has 3 aromatic rings. The highest BCUT2D eigenvalue weighted by Gasteiger charge is 2.13. The predicted molar refractivity (Wildman–Crippen MR) is 111 cm³/mol. The minimum atomic E-state index is -3.44. The summed E-state index contributed by atoms with van der Waals surface area (Å²) in [7, 11) is -3.44. The third-order valence-electron chi connectivity index (χ3n) is 3.59. The van der Waals surface area contributed by atoms with Gasteiger partial charge >= 0.3 is 0 Å². The van der Waals surface area contributed by atoms with Gasteiger partial charge in [0.1, 0.15) is 5.75 Å². The Bertz CT molecular complexity index is 1100. The number of carbonyl (C=O) groups is 1. The van der Waals surface area contributed by atoms with Crippen LogP contribution in [0.3, 0.4) is 0 Å². The molecular weight excluding hydrogens is 400 g/mol. The maximum Gasteiger partial charge on any atom is 0.255 e. The number of sulfonamides is 1. The minimum Gasteiger partial charge on any atom is -0.455 e. The summed E-state index contributed by atoms with van der Waals surface area (Å²) >= 11 is 6.06. The summed E-state index contributed by atoms with van der Waals surface area (Å²) in [5.74, 6) is 0.603. The van der Waals surface area contributed by atoms with Crippen molar-refractivity contribution >= 4 is 38.9 Å². The van der Waals surface area contributed by atoms with Crippen LogP contribution in [0.2, 0.25) is 5.02 Å². The Morgan fingerprint density at radius 3 is 2.43 bits per heavy atom. The highest BCUT2D eigenvalue weighted by atomic mass is 35.5. The summed E-state index contributed by atoms with van der Waals surface area (Å²) < 4.78 is 30.9. The van der Waals surface area contributed by atoms with Gasteiger partial charge in [0, 0.05) is 16.3 Å². The van der Waals surface area contributed by atoms with Crippen LogP contribution in [0, 0.1) is 0 Å². The summed E-state index contributed by atoms with van der Waals surface area (Å²) in [5.41, 5.74) is 0.962. The van der Waals surface area contributed by atoms with Gasteiger partial charge in [-0.05, 0) is 48.5 Å². The number of anilines is 2. The lowest BCUT2D eigenvalue weighted by molar-refractivity contribution is 0.102. The maximum absolute atomic E-state index is 12.7. The predicted octanol–water partition coefficient (Wildman–Crippen LogP) is 4.76. The fourth-order valence-corrected chi connectivity index (χ4v) is 3.16. The Balaban J connectivity index is 1.84. The highest BCUT2D eigenvalue weighted by molar-refractivity contribution is 7.92. The van der Waals surface area contributed by atoms with Gasteiger partial charge in [-0.1, -0.05) is 35.9 Å². The first-order valence-electron chi connectivity index (χ1n) is 8.22. The van der Waals surface area contributed by atoms with Crippen molar-refractivity contribution in [3.8, 4) is 11.5 Å². The first-order chi connectivity index (χ1) is 13.3. The monoisotopic (exact) mass is 416 g/mol. The van der Waals surface area contributed by atoms with Crippen molar-refractivity contribution in [3.63, 3.8) is 0 Å². The van der Waals surface area contributed by atoms with E-state index in [0.717, 1.165) is 6.26 Å². The number of hydrogen-bond acceptors (Lipinski definition) is 4. The number of rotatable bonds is 6. The molecule has 0 aliphatic carbocycles. The van der Waals surface area contributed by atoms with E-state index < -0.39 is 15.9 Å². The molecule has 2 N–H and O–H groups in total. The lowest BCUT2D eigenvalue weighted by Crippen LogP contribution is -2.14. The Kier molecular flexibility index (Phi) is 5.87. The summed E-state index contributed by atoms with van der Waals surface area (Å²) in [4.78, 5) is 12.7. The van der Waals surface area contributed by atoms with Crippen molar-refractivity contribution < 1.29 is 17.9 Å². The van der Waals surface area contributed by atoms with Crippen LogP contribution in [-0.4, -0.2) is 20.6 Å². The van der Waals surface area contributed by atoms with Crippen molar-refractivity contribution in [3.05, 3.63) is 83.4 Å². The number of para-hydroxylation sites is 1. The molecule has 0 fully saturated rings. The number of amides is 1. The number of carbonyl (C=O) groups excluding carboxylic acids is 1. The van der Waals surface area contributed by atoms with Crippen LogP contribution in [0.5, 0.6) is 11.5 Å². The Morgan fingerprint density at radius 2 is 1.71 bits per heavy atom. The van der Waals surface area contributed by atoms with Gasteiger partial charge in [0.25, 0.3) is 5.91 Å². The van der Waals surface area contributed by atoms with Crippen LogP contribution in [0.25, 0.3) is 0 Å². The number of ether oxygens (including phenoxy) is 1. The molecule has 6 nitrogen and oxygen atoms in total. The molecule has 3 aromatic carbocycles. The van der Waals surface area contributed by atoms with Gasteiger partial charge in [-0.2, -0.15) is 0 Å². The first-order valence-corrected chi connectivity index (χ1v) is 10.5. The zero-order chi connectivity index (χ0) is 20.1. The van der Waals surface area contributed by atoms with Gasteiger partial charge in [-0.15, -0.1) is 0 Å². The van der Waals surface area contributed by atoms with E-state index in [1.165, 1.54) is 6.07 Å². The van der Waals surface area contributed by atoms with Crippen LogP contribution in [0.15, 0.2) is 72.8 Å². The van der Waals surface area contributed by atoms with E-state index in [1.807, 2.05) is 18.2 Å². The number of nitrogens with one attached hydrogen (secondary N) is 2. The van der Waals surface area contributed by atoms with Crippen molar-refractivity contribution in [1.29, 1.82) is 0 Å². The van der Waals surface area contributed by atoms with Gasteiger partial charge in [-0.3, -0.25) is 9.52 Å². The second-order valence-electron chi connectivity index (χ2n) is 5.96. The number of hydrogen-bond donors (Lipinski definition) is 2. The lowest BCUT2D eigenvalue weighted by Gasteiger charge is -2.13. The molecule has 0 aromatic heterocycles. The summed E-state index contributed by atoms with van der Waals surface area (Å²) in [6, 6.07) is 20.2. The van der Waals surface area contributed by atoms with Crippen LogP contribution in [0.1, 0.15) is 10.4 Å². The molecule has 0 unspecified atom stereocenters. The minimum absolute atomic E-state index is 0.277. The zero-order valence-corrected chi connectivity index (χ0v) is 16.4. The van der Waals surface area contributed by atoms with Crippen LogP contribution in [-0.2, 0) is 10.0 Å². The fourth-order valence-electron chi connectivity index (χ4n) is 2.44. The van der Waals surface area contributed by atoms with Crippen LogP contribution < -0.4 is 14.8 Å². The third kappa shape index (κ3) is 5.48. The van der Waals surface area contributed by atoms with Crippen molar-refractivity contribution in [1.82, 2.24) is 0 Å². The average molecular weight is 417 g/mol. The molecule has 0 aliphatic rings. The standard InChI is InChI=1S/C20H17ClN2O4S/c1-28(25,26)23-16-7-5-6-14(12-16)20(24)22-18-13-15(21)10-11-19(18)27-17-8-3-2-4-9-17/h2-13,23H,1H3,(H,22,24). The molecule has 0 saturated heterocycles. The van der Waals surface area contributed by atoms with E-state index in [9.17, 15) is 13.2 Å². The van der Waals surface area contributed by atoms with Crippen molar-refractivity contribution in [2.24, 2.45) is 0 Å². The van der Waals surface area contributed by atoms with E-state index in [4.69, 9.17) is 16.3 Å². The van der Waals surface area contributed by atoms with E-state index in [2.05, 4.69) is 10.0 Å². The lowest BCUT2D eigenvalue weighted by atomic mass is 10.2. The molecule has 0 aliphatic heterocycles.